The lowest BCUT2D eigenvalue weighted by molar-refractivity contribution is 0.400. The predicted molar refractivity (Wildman–Crippen MR) is 52.6 cm³/mol. The van der Waals surface area contributed by atoms with Crippen molar-refractivity contribution in [1.29, 1.82) is 0 Å². The van der Waals surface area contributed by atoms with E-state index in [2.05, 4.69) is 18.8 Å². The van der Waals surface area contributed by atoms with E-state index in [-0.39, 0.29) is 11.7 Å². The van der Waals surface area contributed by atoms with E-state index >= 15 is 0 Å². The number of hydrogen-bond acceptors (Lipinski definition) is 2. The Labute approximate surface area is 77.8 Å². The summed E-state index contributed by atoms with van der Waals surface area (Å²) in [6.07, 6.45) is 4.34. The first-order valence-corrected chi connectivity index (χ1v) is 4.60. The van der Waals surface area contributed by atoms with Crippen molar-refractivity contribution in [2.45, 2.75) is 26.3 Å². The van der Waals surface area contributed by atoms with Crippen LogP contribution < -0.4 is 11.4 Å². The van der Waals surface area contributed by atoms with Gasteiger partial charge in [0.15, 0.2) is 0 Å². The minimum Gasteiger partial charge on any atom is -0.328 e. The fourth-order valence-electron chi connectivity index (χ4n) is 1.49. The van der Waals surface area contributed by atoms with Gasteiger partial charge in [-0.15, -0.1) is 0 Å². The second kappa shape index (κ2) is 4.28. The molecule has 1 heterocycles. The molecule has 4 nitrogen and oxygen atoms in total. The molecule has 0 amide bonds. The zero-order valence-corrected chi connectivity index (χ0v) is 8.16. The Morgan fingerprint density at radius 2 is 2.31 bits per heavy atom. The van der Waals surface area contributed by atoms with Crippen molar-refractivity contribution >= 4 is 0 Å². The van der Waals surface area contributed by atoms with Gasteiger partial charge >= 0.3 is 5.69 Å². The fraction of sp³-hybridized carbons (Fsp3) is 0.667. The van der Waals surface area contributed by atoms with Crippen LogP contribution >= 0.6 is 0 Å². The standard InChI is InChI=1S/C9H17N3O/c1-7(2)5-8(6-10)12-4-3-11-9(12)13/h3-4,7-8H,5-6,10H2,1-2H3,(H,11,13). The molecule has 0 saturated carbocycles. The number of hydrogen-bond donors (Lipinski definition) is 2. The molecule has 0 radical (unpaired) electrons. The summed E-state index contributed by atoms with van der Waals surface area (Å²) in [5.74, 6) is 0.551. The van der Waals surface area contributed by atoms with Gasteiger partial charge in [0.05, 0.1) is 6.04 Å². The van der Waals surface area contributed by atoms with E-state index in [0.29, 0.717) is 12.5 Å². The van der Waals surface area contributed by atoms with Gasteiger partial charge in [0, 0.05) is 18.9 Å². The Hall–Kier alpha value is -1.03. The number of nitrogens with zero attached hydrogens (tertiary/aromatic N) is 1. The maximum atomic E-state index is 11.3. The van der Waals surface area contributed by atoms with Crippen LogP contribution in [-0.4, -0.2) is 16.1 Å². The normalized spacial score (nSPS) is 13.5. The molecule has 1 aromatic heterocycles. The number of nitrogens with one attached hydrogen (secondary N) is 1. The van der Waals surface area contributed by atoms with Crippen molar-refractivity contribution in [3.8, 4) is 0 Å². The highest BCUT2D eigenvalue weighted by Crippen LogP contribution is 2.13. The van der Waals surface area contributed by atoms with Crippen LogP contribution in [0.1, 0.15) is 26.3 Å². The first kappa shape index (κ1) is 10.1. The number of nitrogens with two attached hydrogens (primary N) is 1. The van der Waals surface area contributed by atoms with E-state index < -0.39 is 0 Å². The van der Waals surface area contributed by atoms with Crippen molar-refractivity contribution in [2.24, 2.45) is 11.7 Å². The van der Waals surface area contributed by atoms with E-state index in [1.54, 1.807) is 17.0 Å². The molecule has 1 aromatic rings. The molecule has 3 N–H and O–H groups in total. The van der Waals surface area contributed by atoms with Gasteiger partial charge in [-0.25, -0.2) is 4.79 Å². The molecule has 1 rings (SSSR count). The number of aromatic nitrogens is 2. The third kappa shape index (κ3) is 2.45. The second-order valence-corrected chi connectivity index (χ2v) is 3.69. The van der Waals surface area contributed by atoms with Gasteiger partial charge in [-0.05, 0) is 12.3 Å². The average molecular weight is 183 g/mol. The summed E-state index contributed by atoms with van der Waals surface area (Å²) in [6.45, 7) is 4.76. The molecule has 1 atom stereocenters. The van der Waals surface area contributed by atoms with Gasteiger partial charge in [-0.1, -0.05) is 13.8 Å². The SMILES string of the molecule is CC(C)CC(CN)n1cc[nH]c1=O. The van der Waals surface area contributed by atoms with Crippen LogP contribution in [0.2, 0.25) is 0 Å². The van der Waals surface area contributed by atoms with Crippen LogP contribution in [0.15, 0.2) is 17.2 Å². The summed E-state index contributed by atoms with van der Waals surface area (Å²) in [7, 11) is 0. The maximum Gasteiger partial charge on any atom is 0.325 e. The Morgan fingerprint density at radius 1 is 1.62 bits per heavy atom. The zero-order valence-electron chi connectivity index (χ0n) is 8.16. The van der Waals surface area contributed by atoms with E-state index in [9.17, 15) is 4.79 Å². The Balaban J connectivity index is 2.78. The lowest BCUT2D eigenvalue weighted by Crippen LogP contribution is -2.28. The van der Waals surface area contributed by atoms with E-state index in [1.165, 1.54) is 0 Å². The number of aromatic amines is 1. The van der Waals surface area contributed by atoms with Crippen molar-refractivity contribution in [1.82, 2.24) is 9.55 Å². The monoisotopic (exact) mass is 183 g/mol. The zero-order chi connectivity index (χ0) is 9.84. The van der Waals surface area contributed by atoms with Crippen molar-refractivity contribution in [2.75, 3.05) is 6.54 Å². The Kier molecular flexibility index (Phi) is 3.31. The Bertz CT molecular complexity index is 300. The summed E-state index contributed by atoms with van der Waals surface area (Å²) in [5, 5.41) is 0. The number of H-pyrrole nitrogens is 1. The van der Waals surface area contributed by atoms with E-state index in [0.717, 1.165) is 6.42 Å². The molecule has 0 aliphatic carbocycles. The predicted octanol–water partition coefficient (Wildman–Crippen LogP) is 0.722. The summed E-state index contributed by atoms with van der Waals surface area (Å²) in [5.41, 5.74) is 5.53. The first-order chi connectivity index (χ1) is 6.15. The molecule has 0 aliphatic heterocycles. The molecule has 13 heavy (non-hydrogen) atoms. The quantitative estimate of drug-likeness (QED) is 0.722. The first-order valence-electron chi connectivity index (χ1n) is 4.60. The second-order valence-electron chi connectivity index (χ2n) is 3.69. The third-order valence-corrected chi connectivity index (χ3v) is 2.09. The molecule has 0 aliphatic rings. The van der Waals surface area contributed by atoms with Gasteiger partial charge in [-0.3, -0.25) is 4.57 Å². The molecule has 0 bridgehead atoms. The number of rotatable bonds is 4. The van der Waals surface area contributed by atoms with Crippen LogP contribution in [0.4, 0.5) is 0 Å². The molecular formula is C9H17N3O. The maximum absolute atomic E-state index is 11.3. The molecule has 1 unspecified atom stereocenters. The van der Waals surface area contributed by atoms with Crippen molar-refractivity contribution in [3.63, 3.8) is 0 Å². The van der Waals surface area contributed by atoms with Gasteiger partial charge in [0.1, 0.15) is 0 Å². The van der Waals surface area contributed by atoms with Crippen molar-refractivity contribution in [3.05, 3.63) is 22.9 Å². The summed E-state index contributed by atoms with van der Waals surface area (Å²) < 4.78 is 1.67. The minimum absolute atomic E-state index is 0.0731. The Morgan fingerprint density at radius 3 is 2.69 bits per heavy atom. The van der Waals surface area contributed by atoms with E-state index in [1.807, 2.05) is 0 Å². The summed E-state index contributed by atoms with van der Waals surface area (Å²) in [6, 6.07) is 0.124. The van der Waals surface area contributed by atoms with Crippen LogP contribution in [0, 0.1) is 5.92 Å². The highest BCUT2D eigenvalue weighted by molar-refractivity contribution is 4.82. The van der Waals surface area contributed by atoms with Crippen LogP contribution in [-0.2, 0) is 0 Å². The highest BCUT2D eigenvalue weighted by atomic mass is 16.1. The third-order valence-electron chi connectivity index (χ3n) is 2.09. The molecular weight excluding hydrogens is 166 g/mol. The van der Waals surface area contributed by atoms with Crippen molar-refractivity contribution < 1.29 is 0 Å². The van der Waals surface area contributed by atoms with Crippen LogP contribution in [0.3, 0.4) is 0 Å². The molecule has 74 valence electrons. The summed E-state index contributed by atoms with van der Waals surface area (Å²) >= 11 is 0. The molecule has 0 saturated heterocycles. The molecule has 0 fully saturated rings. The molecule has 0 spiro atoms. The summed E-state index contributed by atoms with van der Waals surface area (Å²) in [4.78, 5) is 13.9. The topological polar surface area (TPSA) is 63.8 Å². The van der Waals surface area contributed by atoms with Gasteiger partial charge in [0.25, 0.3) is 0 Å². The molecule has 4 heteroatoms. The average Bonchev–Trinajstić information content (AvgIpc) is 2.47. The van der Waals surface area contributed by atoms with Gasteiger partial charge < -0.3 is 10.7 Å². The lowest BCUT2D eigenvalue weighted by atomic mass is 10.0. The smallest absolute Gasteiger partial charge is 0.325 e. The minimum atomic E-state index is -0.0731. The van der Waals surface area contributed by atoms with Gasteiger partial charge in [0.2, 0.25) is 0 Å². The van der Waals surface area contributed by atoms with Gasteiger partial charge in [-0.2, -0.15) is 0 Å². The lowest BCUT2D eigenvalue weighted by Gasteiger charge is -2.17. The fourth-order valence-corrected chi connectivity index (χ4v) is 1.49. The highest BCUT2D eigenvalue weighted by Gasteiger charge is 2.12. The van der Waals surface area contributed by atoms with Crippen LogP contribution in [0.5, 0.6) is 0 Å². The van der Waals surface area contributed by atoms with Crippen LogP contribution in [0.25, 0.3) is 0 Å². The molecule has 0 aromatic carbocycles. The largest absolute Gasteiger partial charge is 0.328 e. The van der Waals surface area contributed by atoms with E-state index in [4.69, 9.17) is 5.73 Å². The number of imidazole rings is 1.